The summed E-state index contributed by atoms with van der Waals surface area (Å²) in [4.78, 5) is 22.3. The molecule has 1 aliphatic heterocycles. The van der Waals surface area contributed by atoms with Gasteiger partial charge < -0.3 is 14.5 Å². The van der Waals surface area contributed by atoms with Crippen LogP contribution in [0.2, 0.25) is 0 Å². The van der Waals surface area contributed by atoms with E-state index in [0.29, 0.717) is 11.5 Å². The lowest BCUT2D eigenvalue weighted by molar-refractivity contribution is -0.132. The lowest BCUT2D eigenvalue weighted by Gasteiger charge is -2.40. The molecule has 0 saturated heterocycles. The Morgan fingerprint density at radius 3 is 2.23 bits per heavy atom. The number of nitrogens with zero attached hydrogens (tertiary/aromatic N) is 4. The third-order valence-corrected chi connectivity index (χ3v) is 7.62. The number of carbonyl (C=O) groups excluding carboxylic acids is 1. The Hall–Kier alpha value is -2.94. The van der Waals surface area contributed by atoms with E-state index in [1.54, 1.807) is 25.1 Å². The van der Waals surface area contributed by atoms with Crippen LogP contribution in [-0.2, 0) is 27.6 Å². The molecule has 1 aliphatic rings. The number of benzene rings is 1. The van der Waals surface area contributed by atoms with E-state index in [1.165, 1.54) is 18.1 Å². The van der Waals surface area contributed by atoms with E-state index in [1.807, 2.05) is 0 Å². The lowest BCUT2D eigenvalue weighted by Crippen LogP contribution is -2.41. The van der Waals surface area contributed by atoms with Gasteiger partial charge in [-0.05, 0) is 23.8 Å². The molecular weight excluding hydrogens is 519 g/mol. The molecule has 0 saturated carbocycles. The Bertz CT molecular complexity index is 1270. The van der Waals surface area contributed by atoms with Crippen molar-refractivity contribution in [1.29, 1.82) is 0 Å². The molecule has 194 valence electrons. The monoisotopic (exact) mass is 542 g/mol. The maximum atomic E-state index is 13.1. The van der Waals surface area contributed by atoms with Crippen molar-refractivity contribution in [1.82, 2.24) is 14.9 Å². The van der Waals surface area contributed by atoms with E-state index < -0.39 is 43.3 Å². The summed E-state index contributed by atoms with van der Waals surface area (Å²) < 4.78 is 93.9. The molecule has 35 heavy (non-hydrogen) atoms. The van der Waals surface area contributed by atoms with Crippen LogP contribution in [0.15, 0.2) is 46.7 Å². The van der Waals surface area contributed by atoms with Crippen molar-refractivity contribution in [2.45, 2.75) is 23.9 Å². The van der Waals surface area contributed by atoms with E-state index in [4.69, 9.17) is 4.74 Å². The molecule has 1 aromatic carbocycles. The molecule has 1 unspecified atom stereocenters. The van der Waals surface area contributed by atoms with Crippen LogP contribution in [0.3, 0.4) is 0 Å². The molecule has 0 N–H and O–H groups in total. The average molecular weight is 543 g/mol. The van der Waals surface area contributed by atoms with Gasteiger partial charge in [-0.2, -0.15) is 9.97 Å². The number of methoxy groups -OCH3 is 1. The zero-order chi connectivity index (χ0) is 26.3. The molecule has 0 fully saturated rings. The maximum Gasteiger partial charge on any atom is 0.318 e. The van der Waals surface area contributed by atoms with E-state index in [0.717, 1.165) is 17.5 Å². The first-order chi connectivity index (χ1) is 15.9. The van der Waals surface area contributed by atoms with Crippen LogP contribution in [-0.4, -0.2) is 62.2 Å². The number of carbonyl (C=O) groups is 1. The van der Waals surface area contributed by atoms with Crippen LogP contribution in [0, 0.1) is 0 Å². The van der Waals surface area contributed by atoms with Gasteiger partial charge in [0.05, 0.1) is 37.6 Å². The van der Waals surface area contributed by atoms with E-state index >= 15 is 0 Å². The number of hydrogen-bond donors (Lipinski definition) is 0. The van der Waals surface area contributed by atoms with Crippen LogP contribution in [0.5, 0.6) is 6.01 Å². The fourth-order valence-electron chi connectivity index (χ4n) is 3.32. The molecule has 0 radical (unpaired) electrons. The maximum absolute atomic E-state index is 13.1. The molecule has 8 nitrogen and oxygen atoms in total. The highest BCUT2D eigenvalue weighted by Gasteiger charge is 2.65. The summed E-state index contributed by atoms with van der Waals surface area (Å²) >= 11 is 0. The SMILES string of the molecule is COc1nc(CN(C(=O)Cc2ccc(S(F)(F)(F)(F)F)cc2)C2C=CS(=O)(=O)C2)cc(N(C)C)n1. The van der Waals surface area contributed by atoms with Gasteiger partial charge in [0.15, 0.2) is 9.84 Å². The molecule has 2 heterocycles. The van der Waals surface area contributed by atoms with Gasteiger partial charge in [0.25, 0.3) is 0 Å². The molecule has 3 rings (SSSR count). The number of anilines is 1. The van der Waals surface area contributed by atoms with Crippen LogP contribution < -0.4 is 9.64 Å². The molecule has 1 atom stereocenters. The summed E-state index contributed by atoms with van der Waals surface area (Å²) in [7, 11) is -8.61. The molecule has 1 amide bonds. The summed E-state index contributed by atoms with van der Waals surface area (Å²) in [5, 5.41) is 0.979. The van der Waals surface area contributed by atoms with Gasteiger partial charge in [0, 0.05) is 25.6 Å². The van der Waals surface area contributed by atoms with Gasteiger partial charge in [0.2, 0.25) is 5.91 Å². The first-order valence-electron chi connectivity index (χ1n) is 9.99. The Balaban J connectivity index is 1.90. The van der Waals surface area contributed by atoms with Gasteiger partial charge in [0.1, 0.15) is 10.7 Å². The third-order valence-electron chi connectivity index (χ3n) is 5.07. The number of amides is 1. The zero-order valence-corrected chi connectivity index (χ0v) is 20.5. The van der Waals surface area contributed by atoms with Crippen LogP contribution in [0.1, 0.15) is 11.3 Å². The van der Waals surface area contributed by atoms with Crippen LogP contribution in [0.4, 0.5) is 25.2 Å². The minimum absolute atomic E-state index is 0.0137. The molecule has 0 bridgehead atoms. The minimum atomic E-state index is -9.84. The number of halogens is 5. The topological polar surface area (TPSA) is 92.7 Å². The Morgan fingerprint density at radius 2 is 1.74 bits per heavy atom. The standard InChI is InChI=1S/C20H23F5N4O4S2/c1-28(2)18-11-15(26-20(27-18)33-3)12-29(16-8-9-34(31,32)13-16)19(30)10-14-4-6-17(7-5-14)35(21,22,23,24)25/h4-9,11,16H,10,12-13H2,1-3H3. The number of hydrogen-bond acceptors (Lipinski definition) is 7. The van der Waals surface area contributed by atoms with Gasteiger partial charge in [-0.1, -0.05) is 31.6 Å². The highest BCUT2D eigenvalue weighted by Crippen LogP contribution is 3.02. The molecule has 0 aliphatic carbocycles. The van der Waals surface area contributed by atoms with Crippen molar-refractivity contribution in [3.05, 3.63) is 53.1 Å². The summed E-state index contributed by atoms with van der Waals surface area (Å²) in [6.07, 6.45) is 0.878. The first-order valence-corrected chi connectivity index (χ1v) is 13.7. The number of aromatic nitrogens is 2. The van der Waals surface area contributed by atoms with Crippen LogP contribution >= 0.6 is 10.2 Å². The van der Waals surface area contributed by atoms with Gasteiger partial charge in [-0.15, -0.1) is 0 Å². The van der Waals surface area contributed by atoms with Crippen molar-refractivity contribution in [2.24, 2.45) is 0 Å². The third kappa shape index (κ3) is 6.81. The number of sulfone groups is 1. The molecule has 2 aromatic rings. The van der Waals surface area contributed by atoms with Gasteiger partial charge in [-0.3, -0.25) is 4.79 Å². The predicted molar refractivity (Wildman–Crippen MR) is 122 cm³/mol. The normalized spacial score (nSPS) is 19.0. The quantitative estimate of drug-likeness (QED) is 0.464. The Morgan fingerprint density at radius 1 is 1.11 bits per heavy atom. The van der Waals surface area contributed by atoms with Crippen molar-refractivity contribution in [2.75, 3.05) is 31.9 Å². The average Bonchev–Trinajstić information content (AvgIpc) is 3.09. The summed E-state index contributed by atoms with van der Waals surface area (Å²) in [6, 6.07) is 2.77. The van der Waals surface area contributed by atoms with Crippen molar-refractivity contribution < 1.29 is 37.4 Å². The van der Waals surface area contributed by atoms with Crippen LogP contribution in [0.25, 0.3) is 0 Å². The zero-order valence-electron chi connectivity index (χ0n) is 18.9. The highest BCUT2D eigenvalue weighted by atomic mass is 32.5. The summed E-state index contributed by atoms with van der Waals surface area (Å²) in [6.45, 7) is -0.160. The Labute approximate surface area is 199 Å². The van der Waals surface area contributed by atoms with Gasteiger partial charge in [-0.25, -0.2) is 8.42 Å². The van der Waals surface area contributed by atoms with E-state index in [2.05, 4.69) is 9.97 Å². The van der Waals surface area contributed by atoms with Crippen molar-refractivity contribution >= 4 is 31.8 Å². The van der Waals surface area contributed by atoms with Gasteiger partial charge >= 0.3 is 16.2 Å². The van der Waals surface area contributed by atoms with Crippen molar-refractivity contribution in [3.63, 3.8) is 0 Å². The second kappa shape index (κ2) is 8.33. The second-order valence-electron chi connectivity index (χ2n) is 8.14. The minimum Gasteiger partial charge on any atom is -0.467 e. The van der Waals surface area contributed by atoms with Crippen molar-refractivity contribution in [3.8, 4) is 6.01 Å². The highest BCUT2D eigenvalue weighted by molar-refractivity contribution is 8.45. The fraction of sp³-hybridized carbons (Fsp3) is 0.350. The largest absolute Gasteiger partial charge is 0.467 e. The Kier molecular flexibility index (Phi) is 6.34. The lowest BCUT2D eigenvalue weighted by atomic mass is 10.1. The van der Waals surface area contributed by atoms with E-state index in [-0.39, 0.29) is 36.0 Å². The van der Waals surface area contributed by atoms with E-state index in [9.17, 15) is 32.6 Å². The molecule has 15 heteroatoms. The molecule has 1 aromatic heterocycles. The summed E-state index contributed by atoms with van der Waals surface area (Å²) in [5.41, 5.74) is 0.368. The molecular formula is C20H23F5N4O4S2. The number of rotatable bonds is 8. The summed E-state index contributed by atoms with van der Waals surface area (Å²) in [5.74, 6) is -0.564. The second-order valence-corrected chi connectivity index (χ2v) is 12.5. The fourth-order valence-corrected chi connectivity index (χ4v) is 5.27. The number of ether oxygens (including phenoxy) is 1. The first kappa shape index (κ1) is 26.7. The predicted octanol–water partition coefficient (Wildman–Crippen LogP) is 4.09. The smallest absolute Gasteiger partial charge is 0.318 e. The molecule has 0 spiro atoms.